The number of carbonyl (C=O) groups is 1. The number of piperidine rings is 2. The fraction of sp³-hybridized carbons (Fsp3) is 0.519. The van der Waals surface area contributed by atoms with Crippen molar-refractivity contribution >= 4 is 15.8 Å². The van der Waals surface area contributed by atoms with Crippen LogP contribution in [0.4, 0.5) is 0 Å². The number of benzene rings is 2. The van der Waals surface area contributed by atoms with Gasteiger partial charge in [0.1, 0.15) is 23.5 Å². The van der Waals surface area contributed by atoms with Gasteiger partial charge in [-0.1, -0.05) is 18.6 Å². The number of ether oxygens (including phenoxy) is 2. The quantitative estimate of drug-likeness (QED) is 0.511. The fourth-order valence-electron chi connectivity index (χ4n) is 5.03. The molecule has 0 aliphatic carbocycles. The smallest absolute Gasteiger partial charge is 0.306 e. The molecule has 2 aromatic carbocycles. The molecule has 196 valence electrons. The lowest BCUT2D eigenvalue weighted by atomic mass is 9.96. The molecular weight excluding hydrogens is 480 g/mol. The number of nitrogens with zero attached hydrogens (tertiary/aromatic N) is 2. The molecule has 2 aliphatic heterocycles. The highest BCUT2D eigenvalue weighted by Crippen LogP contribution is 2.32. The Kier molecular flexibility index (Phi) is 8.87. The minimum absolute atomic E-state index is 0.0569. The second-order valence-electron chi connectivity index (χ2n) is 9.60. The molecule has 0 amide bonds. The first kappa shape index (κ1) is 26.4. The third-order valence-electron chi connectivity index (χ3n) is 7.19. The van der Waals surface area contributed by atoms with Gasteiger partial charge in [-0.3, -0.25) is 14.6 Å². The van der Waals surface area contributed by atoms with Crippen molar-refractivity contribution in [1.82, 2.24) is 9.80 Å². The molecule has 0 spiro atoms. The Morgan fingerprint density at radius 3 is 2.28 bits per heavy atom. The van der Waals surface area contributed by atoms with Crippen molar-refractivity contribution in [1.29, 1.82) is 0 Å². The van der Waals surface area contributed by atoms with Gasteiger partial charge in [-0.25, -0.2) is 8.42 Å². The third kappa shape index (κ3) is 6.57. The van der Waals surface area contributed by atoms with Crippen LogP contribution in [0.3, 0.4) is 0 Å². The number of carboxylic acid groups (broad SMARTS) is 1. The Balaban J connectivity index is 1.42. The van der Waals surface area contributed by atoms with Gasteiger partial charge in [0.25, 0.3) is 0 Å². The molecule has 1 N–H and O–H groups in total. The fourth-order valence-corrected chi connectivity index (χ4v) is 6.92. The summed E-state index contributed by atoms with van der Waals surface area (Å²) >= 11 is 0. The zero-order valence-electron chi connectivity index (χ0n) is 20.8. The molecule has 2 aliphatic rings. The lowest BCUT2D eigenvalue weighted by molar-refractivity contribution is -0.143. The molecule has 0 saturated carbocycles. The number of hydrogen-bond acceptors (Lipinski definition) is 7. The van der Waals surface area contributed by atoms with Gasteiger partial charge in [0.15, 0.2) is 9.84 Å². The van der Waals surface area contributed by atoms with Crippen LogP contribution in [-0.4, -0.2) is 74.6 Å². The lowest BCUT2D eigenvalue weighted by Gasteiger charge is -2.37. The van der Waals surface area contributed by atoms with Crippen LogP contribution in [0.2, 0.25) is 0 Å². The number of methoxy groups -OCH3 is 1. The standard InChI is InChI=1S/C27H36N2O6S/c1-34-23-9-11-25(12-10-23)36(32,33)26-19-22(27(30)31)13-16-29(26)20-21-5-7-24(8-6-21)35-18-17-28-14-3-2-4-15-28/h5-12,22,26H,2-4,13-20H2,1H3,(H,30,31). The first-order valence-electron chi connectivity index (χ1n) is 12.7. The van der Waals surface area contributed by atoms with Gasteiger partial charge in [0, 0.05) is 19.6 Å². The van der Waals surface area contributed by atoms with Crippen LogP contribution < -0.4 is 9.47 Å². The summed E-state index contributed by atoms with van der Waals surface area (Å²) in [5.41, 5.74) is 0.960. The van der Waals surface area contributed by atoms with Crippen molar-refractivity contribution in [2.24, 2.45) is 5.92 Å². The van der Waals surface area contributed by atoms with Gasteiger partial charge in [-0.15, -0.1) is 0 Å². The SMILES string of the molecule is COc1ccc(S(=O)(=O)C2CC(C(=O)O)CCN2Cc2ccc(OCCN3CCCCC3)cc2)cc1. The van der Waals surface area contributed by atoms with Crippen LogP contribution in [0, 0.1) is 5.92 Å². The van der Waals surface area contributed by atoms with E-state index in [4.69, 9.17) is 9.47 Å². The van der Waals surface area contributed by atoms with Gasteiger partial charge in [-0.2, -0.15) is 0 Å². The minimum Gasteiger partial charge on any atom is -0.497 e. The summed E-state index contributed by atoms with van der Waals surface area (Å²) in [6.07, 6.45) is 4.30. The van der Waals surface area contributed by atoms with E-state index in [0.29, 0.717) is 31.9 Å². The Morgan fingerprint density at radius 1 is 0.972 bits per heavy atom. The van der Waals surface area contributed by atoms with E-state index in [1.165, 1.54) is 38.5 Å². The van der Waals surface area contributed by atoms with Crippen LogP contribution in [0.5, 0.6) is 11.5 Å². The third-order valence-corrected chi connectivity index (χ3v) is 9.32. The highest BCUT2D eigenvalue weighted by molar-refractivity contribution is 7.92. The van der Waals surface area contributed by atoms with Crippen molar-refractivity contribution in [2.45, 2.75) is 48.9 Å². The maximum absolute atomic E-state index is 13.6. The highest BCUT2D eigenvalue weighted by atomic mass is 32.2. The summed E-state index contributed by atoms with van der Waals surface area (Å²) < 4.78 is 38.2. The maximum Gasteiger partial charge on any atom is 0.306 e. The molecule has 2 heterocycles. The first-order valence-corrected chi connectivity index (χ1v) is 14.2. The number of sulfone groups is 1. The molecule has 8 nitrogen and oxygen atoms in total. The maximum atomic E-state index is 13.6. The van der Waals surface area contributed by atoms with Gasteiger partial charge >= 0.3 is 5.97 Å². The molecule has 2 atom stereocenters. The summed E-state index contributed by atoms with van der Waals surface area (Å²) in [7, 11) is -2.25. The Bertz CT molecular complexity index is 1100. The summed E-state index contributed by atoms with van der Waals surface area (Å²) in [6, 6.07) is 14.0. The number of rotatable bonds is 10. The van der Waals surface area contributed by atoms with Crippen molar-refractivity contribution in [3.63, 3.8) is 0 Å². The molecule has 2 saturated heterocycles. The van der Waals surface area contributed by atoms with Crippen molar-refractivity contribution in [3.8, 4) is 11.5 Å². The molecule has 2 unspecified atom stereocenters. The van der Waals surface area contributed by atoms with E-state index in [1.54, 1.807) is 12.1 Å². The van der Waals surface area contributed by atoms with Crippen LogP contribution in [0.1, 0.15) is 37.7 Å². The monoisotopic (exact) mass is 516 g/mol. The lowest BCUT2D eigenvalue weighted by Crippen LogP contribution is -2.47. The zero-order valence-corrected chi connectivity index (χ0v) is 21.7. The van der Waals surface area contributed by atoms with Crippen LogP contribution >= 0.6 is 0 Å². The summed E-state index contributed by atoms with van der Waals surface area (Å²) in [5, 5.41) is 8.66. The number of hydrogen-bond donors (Lipinski definition) is 1. The molecule has 4 rings (SSSR count). The largest absolute Gasteiger partial charge is 0.497 e. The Hall–Kier alpha value is -2.62. The highest BCUT2D eigenvalue weighted by Gasteiger charge is 2.40. The van der Waals surface area contributed by atoms with E-state index in [1.807, 2.05) is 29.2 Å². The molecular formula is C27H36N2O6S. The van der Waals surface area contributed by atoms with E-state index in [-0.39, 0.29) is 11.3 Å². The van der Waals surface area contributed by atoms with Crippen molar-refractivity contribution < 1.29 is 27.8 Å². The van der Waals surface area contributed by atoms with E-state index in [9.17, 15) is 18.3 Å². The second-order valence-corrected chi connectivity index (χ2v) is 11.7. The molecule has 0 bridgehead atoms. The molecule has 0 aromatic heterocycles. The summed E-state index contributed by atoms with van der Waals surface area (Å²) in [4.78, 5) is 16.2. The van der Waals surface area contributed by atoms with Gasteiger partial charge < -0.3 is 14.6 Å². The van der Waals surface area contributed by atoms with E-state index in [2.05, 4.69) is 4.90 Å². The van der Waals surface area contributed by atoms with Crippen molar-refractivity contribution in [2.75, 3.05) is 39.9 Å². The molecule has 2 aromatic rings. The second kappa shape index (κ2) is 12.1. The normalized spacial score (nSPS) is 21.7. The van der Waals surface area contributed by atoms with Gasteiger partial charge in [-0.05, 0) is 80.7 Å². The van der Waals surface area contributed by atoms with E-state index >= 15 is 0 Å². The molecule has 9 heteroatoms. The average molecular weight is 517 g/mol. The predicted molar refractivity (Wildman–Crippen MR) is 137 cm³/mol. The topological polar surface area (TPSA) is 96.4 Å². The minimum atomic E-state index is -3.78. The Morgan fingerprint density at radius 2 is 1.64 bits per heavy atom. The molecule has 2 fully saturated rings. The number of carboxylic acids is 1. The average Bonchev–Trinajstić information content (AvgIpc) is 2.90. The van der Waals surface area contributed by atoms with Gasteiger partial charge in [0.2, 0.25) is 0 Å². The molecule has 36 heavy (non-hydrogen) atoms. The molecule has 0 radical (unpaired) electrons. The predicted octanol–water partition coefficient (Wildman–Crippen LogP) is 3.66. The van der Waals surface area contributed by atoms with Crippen LogP contribution in [0.15, 0.2) is 53.4 Å². The first-order chi connectivity index (χ1) is 17.4. The Labute approximate surface area is 213 Å². The summed E-state index contributed by atoms with van der Waals surface area (Å²) in [5.74, 6) is -0.274. The van der Waals surface area contributed by atoms with E-state index in [0.717, 1.165) is 30.9 Å². The van der Waals surface area contributed by atoms with Crippen molar-refractivity contribution in [3.05, 3.63) is 54.1 Å². The van der Waals surface area contributed by atoms with Gasteiger partial charge in [0.05, 0.1) is 17.9 Å². The zero-order chi connectivity index (χ0) is 25.5. The van der Waals surface area contributed by atoms with Crippen LogP contribution in [-0.2, 0) is 21.2 Å². The summed E-state index contributed by atoms with van der Waals surface area (Å²) in [6.45, 7) is 4.66. The van der Waals surface area contributed by atoms with Crippen LogP contribution in [0.25, 0.3) is 0 Å². The van der Waals surface area contributed by atoms with E-state index < -0.39 is 27.1 Å². The number of aliphatic carboxylic acids is 1. The number of likely N-dealkylation sites (tertiary alicyclic amines) is 2.